The predicted octanol–water partition coefficient (Wildman–Crippen LogP) is 17.7. The molecule has 2 aromatic heterocycles. The van der Waals surface area contributed by atoms with Crippen molar-refractivity contribution in [3.05, 3.63) is 224 Å². The summed E-state index contributed by atoms with van der Waals surface area (Å²) in [5.41, 5.74) is 13.0. The van der Waals surface area contributed by atoms with Crippen LogP contribution in [0, 0.1) is 0 Å². The molecular formula is C58H37NS2. The van der Waals surface area contributed by atoms with Gasteiger partial charge in [0.25, 0.3) is 0 Å². The molecule has 12 rings (SSSR count). The first kappa shape index (κ1) is 35.6. The molecule has 0 fully saturated rings. The highest BCUT2D eigenvalue weighted by Crippen LogP contribution is 2.47. The molecule has 61 heavy (non-hydrogen) atoms. The highest BCUT2D eigenvalue weighted by Gasteiger charge is 2.20. The number of hydrogen-bond acceptors (Lipinski definition) is 3. The Bertz CT molecular complexity index is 3600. The van der Waals surface area contributed by atoms with Crippen molar-refractivity contribution >= 4 is 90.9 Å². The molecule has 10 aromatic carbocycles. The average molecular weight is 812 g/mol. The number of thiophene rings is 2. The fraction of sp³-hybridized carbons (Fsp3) is 0. The summed E-state index contributed by atoms with van der Waals surface area (Å²) in [7, 11) is 0. The van der Waals surface area contributed by atoms with Gasteiger partial charge in [-0.15, -0.1) is 22.7 Å². The maximum absolute atomic E-state index is 2.44. The molecule has 0 radical (unpaired) electrons. The van der Waals surface area contributed by atoms with Gasteiger partial charge in [0.2, 0.25) is 0 Å². The summed E-state index contributed by atoms with van der Waals surface area (Å²) in [4.78, 5) is 2.44. The molecule has 0 aliphatic rings. The van der Waals surface area contributed by atoms with Crippen LogP contribution in [0.25, 0.3) is 95.6 Å². The number of rotatable bonds is 7. The number of para-hydroxylation sites is 1. The summed E-state index contributed by atoms with van der Waals surface area (Å²) < 4.78 is 5.26. The summed E-state index contributed by atoms with van der Waals surface area (Å²) in [6.45, 7) is 0. The molecule has 0 saturated carbocycles. The van der Waals surface area contributed by atoms with Gasteiger partial charge >= 0.3 is 0 Å². The first-order valence-corrected chi connectivity index (χ1v) is 22.4. The Labute approximate surface area is 362 Å². The Morgan fingerprint density at radius 2 is 0.836 bits per heavy atom. The Balaban J connectivity index is 1.00. The van der Waals surface area contributed by atoms with Gasteiger partial charge in [-0.05, 0) is 98.8 Å². The number of nitrogens with zero attached hydrogens (tertiary/aromatic N) is 1. The van der Waals surface area contributed by atoms with E-state index < -0.39 is 0 Å². The molecule has 0 N–H and O–H groups in total. The smallest absolute Gasteiger partial charge is 0.0540 e. The van der Waals surface area contributed by atoms with Gasteiger partial charge in [0.05, 0.1) is 5.69 Å². The molecule has 286 valence electrons. The molecule has 0 unspecified atom stereocenters. The lowest BCUT2D eigenvalue weighted by molar-refractivity contribution is 1.28. The lowest BCUT2D eigenvalue weighted by Gasteiger charge is -2.28. The maximum Gasteiger partial charge on any atom is 0.0540 e. The van der Waals surface area contributed by atoms with Crippen molar-refractivity contribution in [3.63, 3.8) is 0 Å². The lowest BCUT2D eigenvalue weighted by Crippen LogP contribution is -2.11. The Morgan fingerprint density at radius 3 is 1.70 bits per heavy atom. The SMILES string of the molecule is c1cc(-c2cccc(N(c3ccc(-c4ccc5c(c4)sc4ccccc45)cc3)c3ccccc3-c3cccc4c3sc3ccccc34)c2)cc(-c2cccc3ccccc23)c1. The second kappa shape index (κ2) is 14.8. The fourth-order valence-corrected chi connectivity index (χ4v) is 11.5. The van der Waals surface area contributed by atoms with E-state index in [-0.39, 0.29) is 0 Å². The van der Waals surface area contributed by atoms with E-state index in [0.29, 0.717) is 0 Å². The third-order valence-electron chi connectivity index (χ3n) is 12.1. The number of fused-ring (bicyclic) bond motifs is 7. The first-order valence-electron chi connectivity index (χ1n) is 20.7. The quantitative estimate of drug-likeness (QED) is 0.155. The predicted molar refractivity (Wildman–Crippen MR) is 266 cm³/mol. The van der Waals surface area contributed by atoms with Crippen molar-refractivity contribution in [3.8, 4) is 44.5 Å². The normalized spacial score (nSPS) is 11.6. The van der Waals surface area contributed by atoms with E-state index in [1.54, 1.807) is 0 Å². The monoisotopic (exact) mass is 811 g/mol. The van der Waals surface area contributed by atoms with E-state index in [4.69, 9.17) is 0 Å². The summed E-state index contributed by atoms with van der Waals surface area (Å²) in [5.74, 6) is 0. The molecule has 0 amide bonds. The number of hydrogen-bond donors (Lipinski definition) is 0. The lowest BCUT2D eigenvalue weighted by atomic mass is 9.95. The van der Waals surface area contributed by atoms with Crippen molar-refractivity contribution in [1.29, 1.82) is 0 Å². The van der Waals surface area contributed by atoms with Crippen LogP contribution in [0.4, 0.5) is 17.1 Å². The van der Waals surface area contributed by atoms with Gasteiger partial charge in [-0.3, -0.25) is 0 Å². The van der Waals surface area contributed by atoms with Crippen LogP contribution in [0.15, 0.2) is 224 Å². The van der Waals surface area contributed by atoms with Crippen molar-refractivity contribution in [2.24, 2.45) is 0 Å². The van der Waals surface area contributed by atoms with Crippen LogP contribution in [-0.4, -0.2) is 0 Å². The highest BCUT2D eigenvalue weighted by molar-refractivity contribution is 7.26. The van der Waals surface area contributed by atoms with Gasteiger partial charge < -0.3 is 4.90 Å². The van der Waals surface area contributed by atoms with Gasteiger partial charge in [0.1, 0.15) is 0 Å². The Hall–Kier alpha value is -7.30. The highest BCUT2D eigenvalue weighted by atomic mass is 32.1. The van der Waals surface area contributed by atoms with E-state index >= 15 is 0 Å². The van der Waals surface area contributed by atoms with Crippen LogP contribution in [0.1, 0.15) is 0 Å². The van der Waals surface area contributed by atoms with Crippen LogP contribution in [-0.2, 0) is 0 Å². The van der Waals surface area contributed by atoms with E-state index in [9.17, 15) is 0 Å². The summed E-state index contributed by atoms with van der Waals surface area (Å²) in [5, 5.41) is 7.76. The second-order valence-corrected chi connectivity index (χ2v) is 17.8. The van der Waals surface area contributed by atoms with Gasteiger partial charge in [-0.1, -0.05) is 170 Å². The van der Waals surface area contributed by atoms with Crippen molar-refractivity contribution in [2.75, 3.05) is 4.90 Å². The molecule has 2 heterocycles. The third-order valence-corrected chi connectivity index (χ3v) is 14.4. The van der Waals surface area contributed by atoms with E-state index in [1.807, 2.05) is 22.7 Å². The number of benzene rings is 10. The number of anilines is 3. The molecule has 3 heteroatoms. The first-order chi connectivity index (χ1) is 30.2. The molecule has 0 aliphatic heterocycles. The molecule has 0 spiro atoms. The molecule has 1 nitrogen and oxygen atoms in total. The topological polar surface area (TPSA) is 3.24 Å². The minimum Gasteiger partial charge on any atom is -0.310 e. The van der Waals surface area contributed by atoms with Gasteiger partial charge in [-0.2, -0.15) is 0 Å². The van der Waals surface area contributed by atoms with Crippen LogP contribution in [0.2, 0.25) is 0 Å². The van der Waals surface area contributed by atoms with Gasteiger partial charge in [0, 0.05) is 62.8 Å². The largest absolute Gasteiger partial charge is 0.310 e. The van der Waals surface area contributed by atoms with Crippen molar-refractivity contribution in [2.45, 2.75) is 0 Å². The molecule has 12 aromatic rings. The maximum atomic E-state index is 2.44. The average Bonchev–Trinajstić information content (AvgIpc) is 3.90. The molecule has 0 saturated heterocycles. The van der Waals surface area contributed by atoms with E-state index in [0.717, 1.165) is 17.1 Å². The zero-order valence-electron chi connectivity index (χ0n) is 33.1. The fourth-order valence-electron chi connectivity index (χ4n) is 9.16. The third kappa shape index (κ3) is 6.21. The van der Waals surface area contributed by atoms with Crippen LogP contribution in [0.5, 0.6) is 0 Å². The van der Waals surface area contributed by atoms with E-state index in [2.05, 4.69) is 229 Å². The van der Waals surface area contributed by atoms with Crippen LogP contribution in [0.3, 0.4) is 0 Å². The second-order valence-electron chi connectivity index (χ2n) is 15.6. The molecule has 0 bridgehead atoms. The van der Waals surface area contributed by atoms with E-state index in [1.165, 1.54) is 95.6 Å². The standard InChI is InChI=1S/C58H37NS2/c1-2-19-46-39(13-1)14-11-23-47(46)43-17-9-15-40(35-43)41-16-10-18-45(36-41)59(44-32-29-38(30-33-44)42-31-34-51-49-21-4-7-27-55(49)60-57(51)37-42)54-26-6-3-20-48(54)52-24-12-25-53-50-22-5-8-28-56(50)61-58(52)53/h1-37H. The summed E-state index contributed by atoms with van der Waals surface area (Å²) >= 11 is 3.75. The van der Waals surface area contributed by atoms with Crippen LogP contribution >= 0.6 is 22.7 Å². The summed E-state index contributed by atoms with van der Waals surface area (Å²) in [6.07, 6.45) is 0. The Morgan fingerprint density at radius 1 is 0.279 bits per heavy atom. The molecule has 0 aliphatic carbocycles. The molecular weight excluding hydrogens is 775 g/mol. The van der Waals surface area contributed by atoms with Crippen LogP contribution < -0.4 is 4.90 Å². The minimum atomic E-state index is 1.10. The zero-order chi connectivity index (χ0) is 40.3. The molecule has 0 atom stereocenters. The zero-order valence-corrected chi connectivity index (χ0v) is 34.8. The van der Waals surface area contributed by atoms with Gasteiger partial charge in [0.15, 0.2) is 0 Å². The minimum absolute atomic E-state index is 1.10. The van der Waals surface area contributed by atoms with Crippen molar-refractivity contribution in [1.82, 2.24) is 0 Å². The summed E-state index contributed by atoms with van der Waals surface area (Å²) in [6, 6.07) is 82.5. The van der Waals surface area contributed by atoms with Crippen molar-refractivity contribution < 1.29 is 0 Å². The van der Waals surface area contributed by atoms with Gasteiger partial charge in [-0.25, -0.2) is 0 Å². The Kier molecular flexibility index (Phi) is 8.62.